The first-order valence-electron chi connectivity index (χ1n) is 5.98. The van der Waals surface area contributed by atoms with Gasteiger partial charge in [0.25, 0.3) is 5.91 Å². The fraction of sp³-hybridized carbons (Fsp3) is 0.200. The van der Waals surface area contributed by atoms with Crippen molar-refractivity contribution in [2.24, 2.45) is 0 Å². The molecule has 1 aromatic carbocycles. The standard InChI is InChI=1S/C15H15ClN2O/c1-9-6-10(2)14(11(3)7-9)15(19)18-12-4-5-13(16)17-8-12/h4-8H,1-3H3,(H,18,19). The van der Waals surface area contributed by atoms with Gasteiger partial charge in [-0.25, -0.2) is 4.98 Å². The molecule has 0 saturated heterocycles. The van der Waals surface area contributed by atoms with Crippen LogP contribution in [0.3, 0.4) is 0 Å². The first kappa shape index (κ1) is 13.6. The number of rotatable bonds is 2. The Bertz CT molecular complexity index is 598. The molecule has 19 heavy (non-hydrogen) atoms. The van der Waals surface area contributed by atoms with Gasteiger partial charge in [-0.15, -0.1) is 0 Å². The van der Waals surface area contributed by atoms with Gasteiger partial charge in [0.2, 0.25) is 0 Å². The van der Waals surface area contributed by atoms with Gasteiger partial charge in [-0.3, -0.25) is 4.79 Å². The van der Waals surface area contributed by atoms with E-state index in [9.17, 15) is 4.79 Å². The number of carbonyl (C=O) groups is 1. The van der Waals surface area contributed by atoms with Gasteiger partial charge >= 0.3 is 0 Å². The molecule has 0 aliphatic carbocycles. The van der Waals surface area contributed by atoms with Crippen molar-refractivity contribution >= 4 is 23.2 Å². The fourth-order valence-electron chi connectivity index (χ4n) is 2.18. The van der Waals surface area contributed by atoms with Crippen molar-refractivity contribution in [3.8, 4) is 0 Å². The first-order valence-corrected chi connectivity index (χ1v) is 6.36. The van der Waals surface area contributed by atoms with Gasteiger partial charge < -0.3 is 5.32 Å². The quantitative estimate of drug-likeness (QED) is 0.844. The second kappa shape index (κ2) is 5.41. The van der Waals surface area contributed by atoms with E-state index in [0.717, 1.165) is 16.7 Å². The molecule has 0 unspecified atom stereocenters. The molecule has 98 valence electrons. The molecule has 0 aliphatic heterocycles. The van der Waals surface area contributed by atoms with Crippen molar-refractivity contribution in [1.82, 2.24) is 4.98 Å². The summed E-state index contributed by atoms with van der Waals surface area (Å²) in [6.45, 7) is 5.90. The molecule has 0 fully saturated rings. The summed E-state index contributed by atoms with van der Waals surface area (Å²) >= 11 is 5.71. The van der Waals surface area contributed by atoms with E-state index in [2.05, 4.69) is 10.3 Å². The predicted molar refractivity (Wildman–Crippen MR) is 77.9 cm³/mol. The summed E-state index contributed by atoms with van der Waals surface area (Å²) in [7, 11) is 0. The Hall–Kier alpha value is -1.87. The average Bonchev–Trinajstić information content (AvgIpc) is 2.30. The smallest absolute Gasteiger partial charge is 0.256 e. The van der Waals surface area contributed by atoms with E-state index in [0.29, 0.717) is 16.4 Å². The highest BCUT2D eigenvalue weighted by Crippen LogP contribution is 2.18. The number of amides is 1. The number of nitrogens with zero attached hydrogens (tertiary/aromatic N) is 1. The molecular weight excluding hydrogens is 260 g/mol. The summed E-state index contributed by atoms with van der Waals surface area (Å²) < 4.78 is 0. The first-order chi connectivity index (χ1) is 8.97. The molecule has 0 aliphatic rings. The van der Waals surface area contributed by atoms with Crippen LogP contribution in [0.5, 0.6) is 0 Å². The molecule has 0 atom stereocenters. The van der Waals surface area contributed by atoms with Gasteiger partial charge in [0.05, 0.1) is 11.9 Å². The molecule has 1 amide bonds. The lowest BCUT2D eigenvalue weighted by Crippen LogP contribution is -2.15. The third-order valence-corrected chi connectivity index (χ3v) is 3.11. The SMILES string of the molecule is Cc1cc(C)c(C(=O)Nc2ccc(Cl)nc2)c(C)c1. The molecule has 0 spiro atoms. The molecule has 4 heteroatoms. The van der Waals surface area contributed by atoms with E-state index in [1.54, 1.807) is 18.3 Å². The van der Waals surface area contributed by atoms with E-state index in [4.69, 9.17) is 11.6 Å². The summed E-state index contributed by atoms with van der Waals surface area (Å²) in [5.41, 5.74) is 4.43. The molecule has 1 N–H and O–H groups in total. The summed E-state index contributed by atoms with van der Waals surface area (Å²) in [5.74, 6) is -0.126. The van der Waals surface area contributed by atoms with Crippen LogP contribution in [0.2, 0.25) is 5.15 Å². The third-order valence-electron chi connectivity index (χ3n) is 2.89. The Morgan fingerprint density at radius 2 is 1.79 bits per heavy atom. The van der Waals surface area contributed by atoms with Crippen molar-refractivity contribution in [3.63, 3.8) is 0 Å². The maximum absolute atomic E-state index is 12.3. The number of aryl methyl sites for hydroxylation is 3. The zero-order valence-electron chi connectivity index (χ0n) is 11.1. The van der Waals surface area contributed by atoms with Gasteiger partial charge in [-0.1, -0.05) is 29.3 Å². The third kappa shape index (κ3) is 3.12. The van der Waals surface area contributed by atoms with Crippen molar-refractivity contribution in [1.29, 1.82) is 0 Å². The topological polar surface area (TPSA) is 42.0 Å². The van der Waals surface area contributed by atoms with Crippen LogP contribution in [0.1, 0.15) is 27.0 Å². The fourth-order valence-corrected chi connectivity index (χ4v) is 2.29. The van der Waals surface area contributed by atoms with Crippen LogP contribution in [-0.2, 0) is 0 Å². The summed E-state index contributed by atoms with van der Waals surface area (Å²) in [6, 6.07) is 7.38. The number of hydrogen-bond acceptors (Lipinski definition) is 2. The zero-order valence-corrected chi connectivity index (χ0v) is 11.9. The Labute approximate surface area is 117 Å². The maximum atomic E-state index is 12.3. The average molecular weight is 275 g/mol. The number of anilines is 1. The van der Waals surface area contributed by atoms with Crippen LogP contribution in [-0.4, -0.2) is 10.9 Å². The van der Waals surface area contributed by atoms with E-state index < -0.39 is 0 Å². The van der Waals surface area contributed by atoms with E-state index in [1.807, 2.05) is 32.9 Å². The summed E-state index contributed by atoms with van der Waals surface area (Å²) in [5, 5.41) is 3.23. The van der Waals surface area contributed by atoms with Gasteiger partial charge in [-0.05, 0) is 44.0 Å². The van der Waals surface area contributed by atoms with Crippen molar-refractivity contribution in [2.45, 2.75) is 20.8 Å². The van der Waals surface area contributed by atoms with Gasteiger partial charge in [0, 0.05) is 5.56 Å². The van der Waals surface area contributed by atoms with E-state index in [-0.39, 0.29) is 5.91 Å². The minimum Gasteiger partial charge on any atom is -0.321 e. The summed E-state index contributed by atoms with van der Waals surface area (Å²) in [6.07, 6.45) is 1.54. The molecule has 1 aromatic heterocycles. The number of pyridine rings is 1. The predicted octanol–water partition coefficient (Wildman–Crippen LogP) is 3.91. The Morgan fingerprint density at radius 3 is 2.32 bits per heavy atom. The number of benzene rings is 1. The number of halogens is 1. The number of carbonyl (C=O) groups excluding carboxylic acids is 1. The Morgan fingerprint density at radius 1 is 1.16 bits per heavy atom. The van der Waals surface area contributed by atoms with Crippen LogP contribution in [0.25, 0.3) is 0 Å². The number of nitrogens with one attached hydrogen (secondary N) is 1. The summed E-state index contributed by atoms with van der Waals surface area (Å²) in [4.78, 5) is 16.2. The van der Waals surface area contributed by atoms with E-state index >= 15 is 0 Å². The highest BCUT2D eigenvalue weighted by Gasteiger charge is 2.13. The molecule has 0 radical (unpaired) electrons. The minimum atomic E-state index is -0.126. The van der Waals surface area contributed by atoms with Crippen molar-refractivity contribution < 1.29 is 4.79 Å². The van der Waals surface area contributed by atoms with Crippen LogP contribution in [0.4, 0.5) is 5.69 Å². The molecular formula is C15H15ClN2O. The lowest BCUT2D eigenvalue weighted by molar-refractivity contribution is 0.102. The van der Waals surface area contributed by atoms with Crippen molar-refractivity contribution in [3.05, 3.63) is 57.9 Å². The van der Waals surface area contributed by atoms with Gasteiger partial charge in [0.1, 0.15) is 5.15 Å². The number of hydrogen-bond donors (Lipinski definition) is 1. The minimum absolute atomic E-state index is 0.126. The van der Waals surface area contributed by atoms with Crippen molar-refractivity contribution in [2.75, 3.05) is 5.32 Å². The zero-order chi connectivity index (χ0) is 14.0. The van der Waals surface area contributed by atoms with Crippen LogP contribution < -0.4 is 5.32 Å². The monoisotopic (exact) mass is 274 g/mol. The second-order valence-corrected chi connectivity index (χ2v) is 4.98. The highest BCUT2D eigenvalue weighted by molar-refractivity contribution is 6.29. The van der Waals surface area contributed by atoms with Crippen LogP contribution in [0, 0.1) is 20.8 Å². The normalized spacial score (nSPS) is 10.3. The van der Waals surface area contributed by atoms with Crippen LogP contribution >= 0.6 is 11.6 Å². The Kier molecular flexibility index (Phi) is 3.86. The number of aromatic nitrogens is 1. The lowest BCUT2D eigenvalue weighted by atomic mass is 9.99. The van der Waals surface area contributed by atoms with Gasteiger partial charge in [-0.2, -0.15) is 0 Å². The molecule has 2 rings (SSSR count). The molecule has 0 saturated carbocycles. The lowest BCUT2D eigenvalue weighted by Gasteiger charge is -2.11. The second-order valence-electron chi connectivity index (χ2n) is 4.60. The molecule has 1 heterocycles. The highest BCUT2D eigenvalue weighted by atomic mass is 35.5. The maximum Gasteiger partial charge on any atom is 0.256 e. The molecule has 0 bridgehead atoms. The van der Waals surface area contributed by atoms with Gasteiger partial charge in [0.15, 0.2) is 0 Å². The van der Waals surface area contributed by atoms with Crippen LogP contribution in [0.15, 0.2) is 30.5 Å². The molecule has 2 aromatic rings. The Balaban J connectivity index is 2.28. The largest absolute Gasteiger partial charge is 0.321 e. The van der Waals surface area contributed by atoms with E-state index in [1.165, 1.54) is 0 Å². The molecule has 3 nitrogen and oxygen atoms in total.